The first kappa shape index (κ1) is 21.6. The Hall–Kier alpha value is -1.68. The molecule has 9 heteroatoms. The SMILES string of the molecule is COc1cc(Br)c(S(=O)(=O)NCC(c2cccc(F)c2)N(C)C)cc1OC. The molecule has 27 heavy (non-hydrogen) atoms. The van der Waals surface area contributed by atoms with Gasteiger partial charge in [-0.25, -0.2) is 17.5 Å². The smallest absolute Gasteiger partial charge is 0.241 e. The van der Waals surface area contributed by atoms with Crippen molar-refractivity contribution in [1.29, 1.82) is 0 Å². The number of halogens is 2. The Morgan fingerprint density at radius 3 is 2.33 bits per heavy atom. The summed E-state index contributed by atoms with van der Waals surface area (Å²) in [6.45, 7) is 0.0690. The highest BCUT2D eigenvalue weighted by Crippen LogP contribution is 2.35. The Morgan fingerprint density at radius 2 is 1.78 bits per heavy atom. The highest BCUT2D eigenvalue weighted by Gasteiger charge is 2.24. The Labute approximate surface area is 167 Å². The fourth-order valence-electron chi connectivity index (χ4n) is 2.62. The second-order valence-electron chi connectivity index (χ2n) is 6.02. The Bertz CT molecular complexity index is 906. The predicted octanol–water partition coefficient (Wildman–Crippen LogP) is 3.19. The maximum atomic E-state index is 13.5. The third-order valence-corrected chi connectivity index (χ3v) is 6.43. The largest absolute Gasteiger partial charge is 0.493 e. The van der Waals surface area contributed by atoms with Crippen molar-refractivity contribution < 1.29 is 22.3 Å². The van der Waals surface area contributed by atoms with Gasteiger partial charge in [-0.2, -0.15) is 0 Å². The van der Waals surface area contributed by atoms with Gasteiger partial charge in [0.1, 0.15) is 10.7 Å². The summed E-state index contributed by atoms with van der Waals surface area (Å²) in [5.74, 6) is 0.342. The lowest BCUT2D eigenvalue weighted by molar-refractivity contribution is 0.298. The summed E-state index contributed by atoms with van der Waals surface area (Å²) >= 11 is 3.26. The molecule has 0 saturated heterocycles. The molecule has 0 bridgehead atoms. The average Bonchev–Trinajstić information content (AvgIpc) is 2.61. The summed E-state index contributed by atoms with van der Waals surface area (Å²) in [5.41, 5.74) is 0.675. The van der Waals surface area contributed by atoms with Crippen LogP contribution >= 0.6 is 15.9 Å². The number of nitrogens with zero attached hydrogens (tertiary/aromatic N) is 1. The van der Waals surface area contributed by atoms with E-state index in [2.05, 4.69) is 20.7 Å². The second kappa shape index (κ2) is 9.01. The summed E-state index contributed by atoms with van der Waals surface area (Å²) in [4.78, 5) is 1.85. The van der Waals surface area contributed by atoms with Crippen LogP contribution in [0.15, 0.2) is 45.8 Å². The van der Waals surface area contributed by atoms with Crippen molar-refractivity contribution in [2.24, 2.45) is 0 Å². The molecule has 2 rings (SSSR count). The molecule has 6 nitrogen and oxygen atoms in total. The molecule has 0 heterocycles. The van der Waals surface area contributed by atoms with Gasteiger partial charge in [-0.3, -0.25) is 0 Å². The van der Waals surface area contributed by atoms with Crippen LogP contribution in [-0.4, -0.2) is 48.2 Å². The Kier molecular flexibility index (Phi) is 7.21. The monoisotopic (exact) mass is 460 g/mol. The number of hydrogen-bond donors (Lipinski definition) is 1. The Balaban J connectivity index is 2.30. The third kappa shape index (κ3) is 5.19. The first-order valence-corrected chi connectivity index (χ1v) is 10.3. The van der Waals surface area contributed by atoms with E-state index in [9.17, 15) is 12.8 Å². The van der Waals surface area contributed by atoms with Crippen LogP contribution < -0.4 is 14.2 Å². The van der Waals surface area contributed by atoms with Crippen molar-refractivity contribution in [2.75, 3.05) is 34.9 Å². The zero-order chi connectivity index (χ0) is 20.2. The van der Waals surface area contributed by atoms with Gasteiger partial charge < -0.3 is 14.4 Å². The quantitative estimate of drug-likeness (QED) is 0.654. The summed E-state index contributed by atoms with van der Waals surface area (Å²) in [6, 6.07) is 8.68. The fourth-order valence-corrected chi connectivity index (χ4v) is 4.69. The van der Waals surface area contributed by atoms with Crippen LogP contribution in [0.1, 0.15) is 11.6 Å². The topological polar surface area (TPSA) is 67.9 Å². The van der Waals surface area contributed by atoms with Crippen molar-refractivity contribution >= 4 is 26.0 Å². The number of rotatable bonds is 8. The standard InChI is InChI=1S/C18H22BrFN2O4S/c1-22(2)15(12-6-5-7-13(20)8-12)11-21-27(23,24)18-10-17(26-4)16(25-3)9-14(18)19/h5-10,15,21H,11H2,1-4H3. The fraction of sp³-hybridized carbons (Fsp3) is 0.333. The van der Waals surface area contributed by atoms with E-state index in [1.807, 2.05) is 4.90 Å². The number of sulfonamides is 1. The lowest BCUT2D eigenvalue weighted by Gasteiger charge is -2.25. The molecule has 0 aromatic heterocycles. The number of likely N-dealkylation sites (N-methyl/N-ethyl adjacent to an activating group) is 1. The van der Waals surface area contributed by atoms with Gasteiger partial charge in [-0.05, 0) is 53.8 Å². The molecule has 0 fully saturated rings. The molecule has 2 aromatic carbocycles. The molecule has 1 N–H and O–H groups in total. The number of nitrogens with one attached hydrogen (secondary N) is 1. The summed E-state index contributed by atoms with van der Waals surface area (Å²) in [7, 11) is 2.66. The average molecular weight is 461 g/mol. The van der Waals surface area contributed by atoms with E-state index in [4.69, 9.17) is 9.47 Å². The molecule has 1 unspecified atom stereocenters. The maximum absolute atomic E-state index is 13.5. The van der Waals surface area contributed by atoms with E-state index >= 15 is 0 Å². The number of ether oxygens (including phenoxy) is 2. The molecule has 0 saturated carbocycles. The van der Waals surface area contributed by atoms with Crippen LogP contribution in [0.5, 0.6) is 11.5 Å². The zero-order valence-corrected chi connectivity index (χ0v) is 17.9. The van der Waals surface area contributed by atoms with Crippen LogP contribution in [0.2, 0.25) is 0 Å². The summed E-state index contributed by atoms with van der Waals surface area (Å²) in [6.07, 6.45) is 0. The van der Waals surface area contributed by atoms with E-state index < -0.39 is 10.0 Å². The minimum absolute atomic E-state index is 0.0249. The van der Waals surface area contributed by atoms with Gasteiger partial charge in [-0.15, -0.1) is 0 Å². The predicted molar refractivity (Wildman–Crippen MR) is 105 cm³/mol. The van der Waals surface area contributed by atoms with E-state index in [-0.39, 0.29) is 23.3 Å². The number of methoxy groups -OCH3 is 2. The molecule has 0 aliphatic rings. The number of hydrogen-bond acceptors (Lipinski definition) is 5. The van der Waals surface area contributed by atoms with Crippen molar-refractivity contribution in [3.05, 3.63) is 52.3 Å². The molecule has 0 radical (unpaired) electrons. The Morgan fingerprint density at radius 1 is 1.15 bits per heavy atom. The van der Waals surface area contributed by atoms with Crippen LogP contribution in [0.4, 0.5) is 4.39 Å². The van der Waals surface area contributed by atoms with Gasteiger partial charge in [-0.1, -0.05) is 12.1 Å². The van der Waals surface area contributed by atoms with Crippen molar-refractivity contribution in [1.82, 2.24) is 9.62 Å². The van der Waals surface area contributed by atoms with Crippen LogP contribution in [0.25, 0.3) is 0 Å². The van der Waals surface area contributed by atoms with Gasteiger partial charge in [0, 0.05) is 23.1 Å². The molecule has 148 valence electrons. The molecule has 0 aliphatic heterocycles. The molecule has 0 aliphatic carbocycles. The minimum Gasteiger partial charge on any atom is -0.493 e. The van der Waals surface area contributed by atoms with Crippen LogP contribution in [0.3, 0.4) is 0 Å². The lowest BCUT2D eigenvalue weighted by atomic mass is 10.1. The lowest BCUT2D eigenvalue weighted by Crippen LogP contribution is -2.34. The minimum atomic E-state index is -3.85. The first-order valence-electron chi connectivity index (χ1n) is 8.02. The highest BCUT2D eigenvalue weighted by atomic mass is 79.9. The van der Waals surface area contributed by atoms with E-state index in [0.29, 0.717) is 21.5 Å². The third-order valence-electron chi connectivity index (χ3n) is 4.05. The summed E-state index contributed by atoms with van der Waals surface area (Å²) < 4.78 is 52.5. The molecular weight excluding hydrogens is 439 g/mol. The van der Waals surface area contributed by atoms with E-state index in [1.165, 1.54) is 38.5 Å². The van der Waals surface area contributed by atoms with Crippen molar-refractivity contribution in [3.63, 3.8) is 0 Å². The molecule has 0 amide bonds. The van der Waals surface area contributed by atoms with Gasteiger partial charge in [0.2, 0.25) is 10.0 Å². The van der Waals surface area contributed by atoms with Crippen molar-refractivity contribution in [2.45, 2.75) is 10.9 Å². The second-order valence-corrected chi connectivity index (χ2v) is 8.61. The summed E-state index contributed by atoms with van der Waals surface area (Å²) in [5, 5.41) is 0. The molecule has 2 aromatic rings. The highest BCUT2D eigenvalue weighted by molar-refractivity contribution is 9.10. The van der Waals surface area contributed by atoms with E-state index in [1.54, 1.807) is 26.2 Å². The van der Waals surface area contributed by atoms with Crippen LogP contribution in [0, 0.1) is 5.82 Å². The van der Waals surface area contributed by atoms with Gasteiger partial charge in [0.05, 0.1) is 14.2 Å². The van der Waals surface area contributed by atoms with Gasteiger partial charge >= 0.3 is 0 Å². The van der Waals surface area contributed by atoms with Gasteiger partial charge in [0.15, 0.2) is 11.5 Å². The first-order chi connectivity index (χ1) is 12.7. The molecule has 1 atom stereocenters. The van der Waals surface area contributed by atoms with Crippen LogP contribution in [-0.2, 0) is 10.0 Å². The van der Waals surface area contributed by atoms with Gasteiger partial charge in [0.25, 0.3) is 0 Å². The molecule has 0 spiro atoms. The number of benzene rings is 2. The maximum Gasteiger partial charge on any atom is 0.241 e. The van der Waals surface area contributed by atoms with Crippen molar-refractivity contribution in [3.8, 4) is 11.5 Å². The molecular formula is C18H22BrFN2O4S. The normalized spacial score (nSPS) is 12.9. The van der Waals surface area contributed by atoms with E-state index in [0.717, 1.165) is 0 Å². The zero-order valence-electron chi connectivity index (χ0n) is 15.5.